The fraction of sp³-hybridized carbons (Fsp3) is 0.704. The molecule has 2 amide bonds. The molecule has 0 aliphatic carbocycles. The highest BCUT2D eigenvalue weighted by Crippen LogP contribution is 2.33. The number of likely N-dealkylation sites (tertiary alicyclic amines) is 2. The zero-order valence-corrected chi connectivity index (χ0v) is 23.1. The number of anilines is 2. The number of hydrogen-bond acceptors (Lipinski definition) is 7. The first-order chi connectivity index (χ1) is 16.7. The average molecular weight is 504 g/mol. The molecule has 2 aliphatic heterocycles. The van der Waals surface area contributed by atoms with Crippen molar-refractivity contribution in [3.05, 3.63) is 23.8 Å². The third kappa shape index (κ3) is 7.74. The quantitative estimate of drug-likeness (QED) is 0.531. The lowest BCUT2D eigenvalue weighted by Crippen LogP contribution is -2.53. The maximum atomic E-state index is 12.6. The first kappa shape index (κ1) is 28.1. The van der Waals surface area contributed by atoms with Gasteiger partial charge in [0.2, 0.25) is 0 Å². The lowest BCUT2D eigenvalue weighted by atomic mass is 9.93. The van der Waals surface area contributed by atoms with Crippen LogP contribution in [0, 0.1) is 0 Å². The third-order valence-electron chi connectivity index (χ3n) is 6.68. The first-order valence-corrected chi connectivity index (χ1v) is 13.0. The van der Waals surface area contributed by atoms with E-state index in [0.29, 0.717) is 18.8 Å². The highest BCUT2D eigenvalue weighted by atomic mass is 16.6. The molecule has 1 aromatic rings. The molecule has 2 aliphatic rings. The number of piperidine rings is 1. The van der Waals surface area contributed by atoms with E-state index in [4.69, 9.17) is 15.2 Å². The Hall–Kier alpha value is -2.52. The van der Waals surface area contributed by atoms with Crippen LogP contribution in [-0.2, 0) is 16.0 Å². The second-order valence-electron chi connectivity index (χ2n) is 12.3. The average Bonchev–Trinajstić information content (AvgIpc) is 3.16. The van der Waals surface area contributed by atoms with Gasteiger partial charge in [0.1, 0.15) is 11.2 Å². The molecule has 1 atom stereocenters. The van der Waals surface area contributed by atoms with Crippen LogP contribution in [0.4, 0.5) is 21.0 Å². The van der Waals surface area contributed by atoms with Crippen LogP contribution in [0.3, 0.4) is 0 Å². The van der Waals surface area contributed by atoms with Crippen LogP contribution in [0.1, 0.15) is 73.3 Å². The van der Waals surface area contributed by atoms with Gasteiger partial charge in [-0.05, 0) is 85.4 Å². The van der Waals surface area contributed by atoms with Crippen LogP contribution >= 0.6 is 0 Å². The van der Waals surface area contributed by atoms with E-state index < -0.39 is 17.3 Å². The van der Waals surface area contributed by atoms with E-state index in [1.54, 1.807) is 0 Å². The van der Waals surface area contributed by atoms with Crippen LogP contribution in [0.2, 0.25) is 0 Å². The molecule has 2 fully saturated rings. The van der Waals surface area contributed by atoms with Crippen molar-refractivity contribution in [1.29, 1.82) is 0 Å². The second kappa shape index (κ2) is 10.8. The molecule has 36 heavy (non-hydrogen) atoms. The van der Waals surface area contributed by atoms with E-state index in [2.05, 4.69) is 22.5 Å². The molecule has 0 radical (unpaired) electrons. The summed E-state index contributed by atoms with van der Waals surface area (Å²) < 4.78 is 11.0. The Morgan fingerprint density at radius 1 is 1.03 bits per heavy atom. The molecule has 0 saturated carbocycles. The number of carbonyl (C=O) groups is 2. The Morgan fingerprint density at radius 2 is 1.67 bits per heavy atom. The number of nitrogens with two attached hydrogens (primary N) is 1. The van der Waals surface area contributed by atoms with Crippen LogP contribution in [0.15, 0.2) is 18.2 Å². The van der Waals surface area contributed by atoms with E-state index in [1.807, 2.05) is 64.6 Å². The summed E-state index contributed by atoms with van der Waals surface area (Å²) in [5.41, 5.74) is 7.28. The van der Waals surface area contributed by atoms with E-state index >= 15 is 0 Å². The van der Waals surface area contributed by atoms with Gasteiger partial charge in [-0.2, -0.15) is 0 Å². The summed E-state index contributed by atoms with van der Waals surface area (Å²) >= 11 is 0. The molecule has 1 aromatic carbocycles. The maximum Gasteiger partial charge on any atom is 0.412 e. The van der Waals surface area contributed by atoms with Gasteiger partial charge >= 0.3 is 12.2 Å². The number of rotatable bonds is 5. The number of benzene rings is 1. The lowest BCUT2D eigenvalue weighted by Gasteiger charge is -2.43. The van der Waals surface area contributed by atoms with Crippen molar-refractivity contribution >= 4 is 23.6 Å². The smallest absolute Gasteiger partial charge is 0.412 e. The molecule has 0 spiro atoms. The van der Waals surface area contributed by atoms with Crippen molar-refractivity contribution in [3.63, 3.8) is 0 Å². The highest BCUT2D eigenvalue weighted by molar-refractivity contribution is 5.90. The van der Waals surface area contributed by atoms with Crippen molar-refractivity contribution in [2.24, 2.45) is 5.73 Å². The van der Waals surface area contributed by atoms with Gasteiger partial charge in [-0.1, -0.05) is 6.07 Å². The van der Waals surface area contributed by atoms with Crippen molar-refractivity contribution < 1.29 is 19.1 Å². The molecule has 0 aromatic heterocycles. The standard InChI is InChI=1S/C27H45N5O4/c1-25(2,3)35-23(33)30-21-9-8-19(17-28)16-22(21)29-20-10-13-32(14-11-20)27(7)12-15-31(18-27)24(34)36-26(4,5)6/h8-9,16,20,29H,10-15,17-18,28H2,1-7H3,(H,30,33). The molecule has 9 nitrogen and oxygen atoms in total. The van der Waals surface area contributed by atoms with Crippen LogP contribution in [0.5, 0.6) is 0 Å². The normalized spacial score (nSPS) is 21.8. The Kier molecular flexibility index (Phi) is 8.45. The fourth-order valence-corrected chi connectivity index (χ4v) is 4.83. The topological polar surface area (TPSA) is 109 Å². The van der Waals surface area contributed by atoms with Crippen molar-refractivity contribution in [1.82, 2.24) is 9.80 Å². The van der Waals surface area contributed by atoms with Crippen molar-refractivity contribution in [2.45, 2.75) is 97.1 Å². The minimum atomic E-state index is -0.572. The molecule has 2 saturated heterocycles. The number of nitrogens with zero attached hydrogens (tertiary/aromatic N) is 2. The summed E-state index contributed by atoms with van der Waals surface area (Å²) in [5, 5.41) is 6.51. The molecule has 0 bridgehead atoms. The predicted octanol–water partition coefficient (Wildman–Crippen LogP) is 4.77. The summed E-state index contributed by atoms with van der Waals surface area (Å²) in [4.78, 5) is 29.3. The zero-order valence-electron chi connectivity index (χ0n) is 23.1. The van der Waals surface area contributed by atoms with Gasteiger partial charge in [-0.15, -0.1) is 0 Å². The zero-order chi connectivity index (χ0) is 26.7. The molecule has 3 rings (SSSR count). The monoisotopic (exact) mass is 503 g/mol. The number of carbonyl (C=O) groups excluding carboxylic acids is 2. The van der Waals surface area contributed by atoms with Gasteiger partial charge in [0.25, 0.3) is 0 Å². The van der Waals surface area contributed by atoms with Gasteiger partial charge in [-0.3, -0.25) is 10.2 Å². The summed E-state index contributed by atoms with van der Waals surface area (Å²) in [5.74, 6) is 0. The SMILES string of the molecule is CC(C)(C)OC(=O)Nc1ccc(CN)cc1NC1CCN(C2(C)CCN(C(=O)OC(C)(C)C)C2)CC1. The third-order valence-corrected chi connectivity index (χ3v) is 6.68. The Labute approximate surface area is 216 Å². The summed E-state index contributed by atoms with van der Waals surface area (Å²) in [6.07, 6.45) is 2.14. The number of ether oxygens (including phenoxy) is 2. The van der Waals surface area contributed by atoms with E-state index in [0.717, 1.165) is 50.1 Å². The molecule has 202 valence electrons. The largest absolute Gasteiger partial charge is 0.444 e. The molecule has 4 N–H and O–H groups in total. The molecular formula is C27H45N5O4. The predicted molar refractivity (Wildman–Crippen MR) is 143 cm³/mol. The lowest BCUT2D eigenvalue weighted by molar-refractivity contribution is 0.0232. The van der Waals surface area contributed by atoms with Gasteiger partial charge < -0.3 is 25.4 Å². The summed E-state index contributed by atoms with van der Waals surface area (Å²) in [6.45, 7) is 17.2. The summed E-state index contributed by atoms with van der Waals surface area (Å²) in [6, 6.07) is 6.04. The molecule has 1 unspecified atom stereocenters. The van der Waals surface area contributed by atoms with Gasteiger partial charge in [0.05, 0.1) is 11.4 Å². The molecule has 2 heterocycles. The van der Waals surface area contributed by atoms with Gasteiger partial charge in [0, 0.05) is 44.3 Å². The van der Waals surface area contributed by atoms with E-state index in [1.165, 1.54) is 0 Å². The van der Waals surface area contributed by atoms with Gasteiger partial charge in [0.15, 0.2) is 0 Å². The van der Waals surface area contributed by atoms with E-state index in [-0.39, 0.29) is 17.7 Å². The number of amides is 2. The Morgan fingerprint density at radius 3 is 2.25 bits per heavy atom. The van der Waals surface area contributed by atoms with Crippen LogP contribution < -0.4 is 16.4 Å². The van der Waals surface area contributed by atoms with Crippen LogP contribution in [0.25, 0.3) is 0 Å². The van der Waals surface area contributed by atoms with Crippen molar-refractivity contribution in [2.75, 3.05) is 36.8 Å². The first-order valence-electron chi connectivity index (χ1n) is 13.0. The molecule has 9 heteroatoms. The van der Waals surface area contributed by atoms with Crippen molar-refractivity contribution in [3.8, 4) is 0 Å². The second-order valence-corrected chi connectivity index (χ2v) is 12.3. The Bertz CT molecular complexity index is 931. The highest BCUT2D eigenvalue weighted by Gasteiger charge is 2.42. The fourth-order valence-electron chi connectivity index (χ4n) is 4.83. The molecular weight excluding hydrogens is 458 g/mol. The number of nitrogens with one attached hydrogen (secondary N) is 2. The summed E-state index contributed by atoms with van der Waals surface area (Å²) in [7, 11) is 0. The number of hydrogen-bond donors (Lipinski definition) is 3. The van der Waals surface area contributed by atoms with E-state index in [9.17, 15) is 9.59 Å². The van der Waals surface area contributed by atoms with Crippen LogP contribution in [-0.4, -0.2) is 70.9 Å². The maximum absolute atomic E-state index is 12.6. The Balaban J connectivity index is 1.59. The minimum Gasteiger partial charge on any atom is -0.444 e. The van der Waals surface area contributed by atoms with Gasteiger partial charge in [-0.25, -0.2) is 9.59 Å². The minimum absolute atomic E-state index is 0.0508.